The number of benzene rings is 1. The van der Waals surface area contributed by atoms with E-state index < -0.39 is 0 Å². The van der Waals surface area contributed by atoms with Crippen molar-refractivity contribution in [2.45, 2.75) is 58.3 Å². The molecule has 1 aromatic carbocycles. The molecule has 0 saturated heterocycles. The molecule has 3 heterocycles. The quantitative estimate of drug-likeness (QED) is 0.381. The molecule has 2 aliphatic rings. The van der Waals surface area contributed by atoms with Gasteiger partial charge >= 0.3 is 0 Å². The van der Waals surface area contributed by atoms with Gasteiger partial charge in [-0.15, -0.1) is 0 Å². The first kappa shape index (κ1) is 21.8. The molecule has 31 heavy (non-hydrogen) atoms. The first-order valence-corrected chi connectivity index (χ1v) is 11.5. The number of aliphatic imine (C=N–C) groups is 1. The first-order chi connectivity index (χ1) is 15.2. The van der Waals surface area contributed by atoms with E-state index in [1.165, 1.54) is 11.1 Å². The van der Waals surface area contributed by atoms with Crippen molar-refractivity contribution in [3.05, 3.63) is 47.0 Å². The molecule has 0 radical (unpaired) electrons. The summed E-state index contributed by atoms with van der Waals surface area (Å²) in [4.78, 5) is 11.9. The van der Waals surface area contributed by atoms with E-state index in [-0.39, 0.29) is 0 Å². The summed E-state index contributed by atoms with van der Waals surface area (Å²) in [5.74, 6) is 2.71. The van der Waals surface area contributed by atoms with Gasteiger partial charge in [-0.1, -0.05) is 24.3 Å². The Labute approximate surface area is 185 Å². The molecule has 0 spiro atoms. The molecule has 0 aliphatic carbocycles. The van der Waals surface area contributed by atoms with Crippen LogP contribution < -0.4 is 10.6 Å². The van der Waals surface area contributed by atoms with Crippen LogP contribution >= 0.6 is 0 Å². The van der Waals surface area contributed by atoms with Crippen LogP contribution in [0.3, 0.4) is 0 Å². The number of nitrogens with zero attached hydrogens (tertiary/aromatic N) is 5. The Hall–Kier alpha value is -2.45. The minimum atomic E-state index is 0.306. The van der Waals surface area contributed by atoms with Crippen molar-refractivity contribution in [1.29, 1.82) is 0 Å². The Balaban J connectivity index is 1.25. The fourth-order valence-electron chi connectivity index (χ4n) is 4.41. The van der Waals surface area contributed by atoms with Crippen LogP contribution in [0.1, 0.15) is 42.5 Å². The lowest BCUT2D eigenvalue weighted by Gasteiger charge is -2.28. The van der Waals surface area contributed by atoms with Crippen molar-refractivity contribution in [3.8, 4) is 0 Å². The van der Waals surface area contributed by atoms with E-state index in [1.54, 1.807) is 7.11 Å². The smallest absolute Gasteiger partial charge is 0.191 e. The predicted octanol–water partition coefficient (Wildman–Crippen LogP) is 1.74. The fraction of sp³-hybridized carbons (Fsp3) is 0.609. The zero-order valence-electron chi connectivity index (χ0n) is 18.8. The Morgan fingerprint density at radius 3 is 2.97 bits per heavy atom. The summed E-state index contributed by atoms with van der Waals surface area (Å²) in [5.41, 5.74) is 2.98. The standard InChI is InChI=1S/C23H35N7O/c1-3-24-23(26-20-9-10-22-27-21(17-31-2)28-30(22)16-20)25-12-6-13-29-14-11-18-7-4-5-8-19(18)15-29/h4-5,7-8,20H,3,6,9-17H2,1-2H3,(H2,24,25,26). The lowest BCUT2D eigenvalue weighted by Crippen LogP contribution is -2.47. The van der Waals surface area contributed by atoms with E-state index in [9.17, 15) is 0 Å². The number of ether oxygens (including phenoxy) is 1. The van der Waals surface area contributed by atoms with Gasteiger partial charge in [0.25, 0.3) is 0 Å². The van der Waals surface area contributed by atoms with E-state index >= 15 is 0 Å². The third kappa shape index (κ3) is 5.83. The molecule has 0 bridgehead atoms. The number of fused-ring (bicyclic) bond motifs is 2. The SMILES string of the molecule is CCNC(=NCCCN1CCc2ccccc2C1)NC1CCc2nc(COC)nn2C1. The fourth-order valence-corrected chi connectivity index (χ4v) is 4.41. The normalized spacial score (nSPS) is 19.0. The number of methoxy groups -OCH3 is 1. The largest absolute Gasteiger partial charge is 0.377 e. The van der Waals surface area contributed by atoms with Crippen LogP contribution in [0.5, 0.6) is 0 Å². The average molecular weight is 426 g/mol. The van der Waals surface area contributed by atoms with Crippen LogP contribution in [-0.2, 0) is 37.3 Å². The lowest BCUT2D eigenvalue weighted by atomic mass is 10.00. The molecule has 4 rings (SSSR count). The monoisotopic (exact) mass is 425 g/mol. The van der Waals surface area contributed by atoms with Crippen LogP contribution in [0.4, 0.5) is 0 Å². The van der Waals surface area contributed by atoms with Crippen LogP contribution in [0, 0.1) is 0 Å². The zero-order valence-corrected chi connectivity index (χ0v) is 18.8. The van der Waals surface area contributed by atoms with Gasteiger partial charge in [-0.25, -0.2) is 9.67 Å². The highest BCUT2D eigenvalue weighted by Crippen LogP contribution is 2.18. The number of nitrogens with one attached hydrogen (secondary N) is 2. The maximum absolute atomic E-state index is 5.16. The van der Waals surface area contributed by atoms with Crippen LogP contribution in [0.2, 0.25) is 0 Å². The molecule has 0 saturated carbocycles. The number of aromatic nitrogens is 3. The van der Waals surface area contributed by atoms with E-state index in [1.807, 2.05) is 4.68 Å². The van der Waals surface area contributed by atoms with E-state index in [4.69, 9.17) is 9.73 Å². The van der Waals surface area contributed by atoms with E-state index in [0.717, 1.165) is 82.6 Å². The van der Waals surface area contributed by atoms with Gasteiger partial charge in [0, 0.05) is 52.3 Å². The van der Waals surface area contributed by atoms with Crippen molar-refractivity contribution in [1.82, 2.24) is 30.3 Å². The molecular weight excluding hydrogens is 390 g/mol. The highest BCUT2D eigenvalue weighted by atomic mass is 16.5. The van der Waals surface area contributed by atoms with Gasteiger partial charge in [-0.05, 0) is 37.3 Å². The summed E-state index contributed by atoms with van der Waals surface area (Å²) in [6.07, 6.45) is 4.17. The van der Waals surface area contributed by atoms with Gasteiger partial charge in [-0.3, -0.25) is 9.89 Å². The van der Waals surface area contributed by atoms with E-state index in [2.05, 4.69) is 56.8 Å². The maximum Gasteiger partial charge on any atom is 0.191 e. The summed E-state index contributed by atoms with van der Waals surface area (Å²) in [6, 6.07) is 9.12. The molecule has 1 unspecified atom stereocenters. The Morgan fingerprint density at radius 2 is 2.13 bits per heavy atom. The third-order valence-electron chi connectivity index (χ3n) is 5.97. The number of aryl methyl sites for hydroxylation is 1. The van der Waals surface area contributed by atoms with Crippen molar-refractivity contribution in [2.24, 2.45) is 4.99 Å². The first-order valence-electron chi connectivity index (χ1n) is 11.5. The summed E-state index contributed by atoms with van der Waals surface area (Å²) >= 11 is 0. The molecule has 2 aliphatic heterocycles. The highest BCUT2D eigenvalue weighted by molar-refractivity contribution is 5.80. The summed E-state index contributed by atoms with van der Waals surface area (Å²) in [5, 5.41) is 11.5. The van der Waals surface area contributed by atoms with Gasteiger partial charge < -0.3 is 15.4 Å². The van der Waals surface area contributed by atoms with Crippen molar-refractivity contribution in [3.63, 3.8) is 0 Å². The number of hydrogen-bond acceptors (Lipinski definition) is 5. The van der Waals surface area contributed by atoms with Gasteiger partial charge in [0.15, 0.2) is 11.8 Å². The number of rotatable bonds is 8. The lowest BCUT2D eigenvalue weighted by molar-refractivity contribution is 0.177. The van der Waals surface area contributed by atoms with Crippen molar-refractivity contribution in [2.75, 3.05) is 33.3 Å². The summed E-state index contributed by atoms with van der Waals surface area (Å²) < 4.78 is 7.17. The summed E-state index contributed by atoms with van der Waals surface area (Å²) in [6.45, 7) is 8.36. The number of guanidine groups is 1. The van der Waals surface area contributed by atoms with Gasteiger partial charge in [0.1, 0.15) is 12.4 Å². The molecule has 0 fully saturated rings. The average Bonchev–Trinajstić information content (AvgIpc) is 3.18. The minimum Gasteiger partial charge on any atom is -0.377 e. The van der Waals surface area contributed by atoms with Gasteiger partial charge in [-0.2, -0.15) is 5.10 Å². The van der Waals surface area contributed by atoms with Crippen LogP contribution in [0.15, 0.2) is 29.3 Å². The predicted molar refractivity (Wildman–Crippen MR) is 122 cm³/mol. The molecule has 8 heteroatoms. The topological polar surface area (TPSA) is 79.6 Å². The minimum absolute atomic E-state index is 0.306. The second-order valence-electron chi connectivity index (χ2n) is 8.35. The summed E-state index contributed by atoms with van der Waals surface area (Å²) in [7, 11) is 1.67. The Kier molecular flexibility index (Phi) is 7.53. The van der Waals surface area contributed by atoms with Gasteiger partial charge in [0.2, 0.25) is 0 Å². The van der Waals surface area contributed by atoms with Gasteiger partial charge in [0.05, 0.1) is 6.54 Å². The van der Waals surface area contributed by atoms with Crippen molar-refractivity contribution < 1.29 is 4.74 Å². The molecule has 168 valence electrons. The second-order valence-corrected chi connectivity index (χ2v) is 8.35. The Morgan fingerprint density at radius 1 is 1.26 bits per heavy atom. The molecule has 1 aromatic heterocycles. The molecule has 8 nitrogen and oxygen atoms in total. The molecule has 2 aromatic rings. The zero-order chi connectivity index (χ0) is 21.5. The molecular formula is C23H35N7O. The third-order valence-corrected chi connectivity index (χ3v) is 5.97. The highest BCUT2D eigenvalue weighted by Gasteiger charge is 2.22. The molecule has 0 amide bonds. The second kappa shape index (κ2) is 10.7. The van der Waals surface area contributed by atoms with E-state index in [0.29, 0.717) is 12.6 Å². The van der Waals surface area contributed by atoms with Crippen molar-refractivity contribution >= 4 is 5.96 Å². The maximum atomic E-state index is 5.16. The number of hydrogen-bond donors (Lipinski definition) is 2. The van der Waals surface area contributed by atoms with Crippen LogP contribution in [-0.4, -0.2) is 65.0 Å². The molecule has 2 N–H and O–H groups in total. The Bertz CT molecular complexity index is 879. The molecule has 1 atom stereocenters. The van der Waals surface area contributed by atoms with Crippen LogP contribution in [0.25, 0.3) is 0 Å².